The summed E-state index contributed by atoms with van der Waals surface area (Å²) >= 11 is 6.95. The second-order valence-corrected chi connectivity index (χ2v) is 10.9. The Labute approximate surface area is 231 Å². The van der Waals surface area contributed by atoms with Crippen LogP contribution >= 0.6 is 23.4 Å². The molecular weight excluding hydrogens is 518 g/mol. The number of halogens is 1. The van der Waals surface area contributed by atoms with Crippen LogP contribution in [0.25, 0.3) is 6.08 Å². The number of rotatable bonds is 6. The maximum atomic E-state index is 13.3. The Morgan fingerprint density at radius 2 is 1.68 bits per heavy atom. The van der Waals surface area contributed by atoms with Crippen LogP contribution in [0.15, 0.2) is 83.8 Å². The standard InChI is InChI=1S/C30H28ClN3O3S/c1-21(24-9-3-2-4-10-24)32-13-15-33(16-14-32)28(35)25-11-5-7-22(17-25)19-27-29(36)34(30(37)38-27)20-23-8-6-12-26(31)18-23/h2-12,17-19,21H,13-16,20H2,1H3/b27-19-. The second-order valence-electron chi connectivity index (χ2n) is 9.44. The average Bonchev–Trinajstić information content (AvgIpc) is 3.20. The van der Waals surface area contributed by atoms with E-state index < -0.39 is 0 Å². The van der Waals surface area contributed by atoms with Gasteiger partial charge in [-0.25, -0.2) is 0 Å². The van der Waals surface area contributed by atoms with Gasteiger partial charge in [0.15, 0.2) is 0 Å². The first-order valence-electron chi connectivity index (χ1n) is 12.6. The van der Waals surface area contributed by atoms with E-state index in [2.05, 4.69) is 36.1 Å². The zero-order chi connectivity index (χ0) is 26.6. The number of nitrogens with zero attached hydrogens (tertiary/aromatic N) is 3. The minimum absolute atomic E-state index is 0.0266. The van der Waals surface area contributed by atoms with Crippen molar-refractivity contribution in [2.24, 2.45) is 0 Å². The van der Waals surface area contributed by atoms with E-state index in [1.165, 1.54) is 10.5 Å². The molecule has 2 aliphatic rings. The summed E-state index contributed by atoms with van der Waals surface area (Å²) in [7, 11) is 0. The van der Waals surface area contributed by atoms with E-state index in [1.807, 2.05) is 29.2 Å². The van der Waals surface area contributed by atoms with E-state index >= 15 is 0 Å². The first-order chi connectivity index (χ1) is 18.4. The molecule has 0 aliphatic carbocycles. The van der Waals surface area contributed by atoms with Crippen LogP contribution in [0.4, 0.5) is 4.79 Å². The third-order valence-electron chi connectivity index (χ3n) is 6.97. The highest BCUT2D eigenvalue weighted by Crippen LogP contribution is 2.33. The topological polar surface area (TPSA) is 60.9 Å². The minimum atomic E-state index is -0.347. The fourth-order valence-corrected chi connectivity index (χ4v) is 5.86. The summed E-state index contributed by atoms with van der Waals surface area (Å²) < 4.78 is 0. The molecule has 3 aromatic carbocycles. The van der Waals surface area contributed by atoms with Crippen LogP contribution in [0.2, 0.25) is 5.02 Å². The Morgan fingerprint density at radius 3 is 2.42 bits per heavy atom. The Kier molecular flexibility index (Phi) is 7.98. The predicted molar refractivity (Wildman–Crippen MR) is 152 cm³/mol. The first-order valence-corrected chi connectivity index (χ1v) is 13.8. The van der Waals surface area contributed by atoms with Gasteiger partial charge in [-0.1, -0.05) is 66.2 Å². The summed E-state index contributed by atoms with van der Waals surface area (Å²) in [6.45, 7) is 5.29. The molecule has 3 amide bonds. The monoisotopic (exact) mass is 545 g/mol. The summed E-state index contributed by atoms with van der Waals surface area (Å²) in [6.07, 6.45) is 1.68. The van der Waals surface area contributed by atoms with Crippen LogP contribution in [0.1, 0.15) is 40.0 Å². The van der Waals surface area contributed by atoms with E-state index in [9.17, 15) is 14.4 Å². The zero-order valence-electron chi connectivity index (χ0n) is 21.0. The molecule has 2 aliphatic heterocycles. The molecule has 1 atom stereocenters. The van der Waals surface area contributed by atoms with Crippen molar-refractivity contribution >= 4 is 46.5 Å². The van der Waals surface area contributed by atoms with Crippen molar-refractivity contribution < 1.29 is 14.4 Å². The molecule has 0 N–H and O–H groups in total. The molecule has 0 radical (unpaired) electrons. The lowest BCUT2D eigenvalue weighted by Crippen LogP contribution is -2.49. The Balaban J connectivity index is 1.23. The second kappa shape index (κ2) is 11.6. The van der Waals surface area contributed by atoms with Crippen LogP contribution in [-0.2, 0) is 11.3 Å². The summed E-state index contributed by atoms with van der Waals surface area (Å²) in [6, 6.07) is 25.0. The van der Waals surface area contributed by atoms with Crippen LogP contribution in [0.3, 0.4) is 0 Å². The summed E-state index contributed by atoms with van der Waals surface area (Å²) in [4.78, 5) is 44.6. The number of carbonyl (C=O) groups is 3. The number of hydrogen-bond acceptors (Lipinski definition) is 5. The van der Waals surface area contributed by atoms with Crippen molar-refractivity contribution in [2.45, 2.75) is 19.5 Å². The van der Waals surface area contributed by atoms with Crippen LogP contribution < -0.4 is 0 Å². The Morgan fingerprint density at radius 1 is 0.947 bits per heavy atom. The molecule has 0 spiro atoms. The molecule has 0 bridgehead atoms. The van der Waals surface area contributed by atoms with E-state index in [0.717, 1.165) is 30.4 Å². The summed E-state index contributed by atoms with van der Waals surface area (Å²) in [5.74, 6) is -0.373. The van der Waals surface area contributed by atoms with E-state index in [4.69, 9.17) is 11.6 Å². The van der Waals surface area contributed by atoms with Crippen molar-refractivity contribution in [2.75, 3.05) is 26.2 Å². The molecule has 2 heterocycles. The van der Waals surface area contributed by atoms with Gasteiger partial charge in [0.2, 0.25) is 0 Å². The summed E-state index contributed by atoms with van der Waals surface area (Å²) in [5, 5.41) is 0.231. The molecule has 2 fully saturated rings. The smallest absolute Gasteiger partial charge is 0.293 e. The van der Waals surface area contributed by atoms with Crippen molar-refractivity contribution in [3.63, 3.8) is 0 Å². The number of benzene rings is 3. The van der Waals surface area contributed by atoms with Gasteiger partial charge in [0.05, 0.1) is 11.4 Å². The van der Waals surface area contributed by atoms with Gasteiger partial charge in [-0.2, -0.15) is 0 Å². The number of hydrogen-bond donors (Lipinski definition) is 0. The Hall–Kier alpha value is -3.39. The van der Waals surface area contributed by atoms with Gasteiger partial charge in [0.25, 0.3) is 17.1 Å². The number of thioether (sulfide) groups is 1. The first kappa shape index (κ1) is 26.2. The van der Waals surface area contributed by atoms with Gasteiger partial charge >= 0.3 is 0 Å². The van der Waals surface area contributed by atoms with Crippen molar-refractivity contribution in [1.29, 1.82) is 0 Å². The van der Waals surface area contributed by atoms with Crippen molar-refractivity contribution in [1.82, 2.24) is 14.7 Å². The fraction of sp³-hybridized carbons (Fsp3) is 0.233. The van der Waals surface area contributed by atoms with Gasteiger partial charge in [-0.05, 0) is 65.7 Å². The highest BCUT2D eigenvalue weighted by molar-refractivity contribution is 8.18. The van der Waals surface area contributed by atoms with E-state index in [-0.39, 0.29) is 23.6 Å². The molecule has 8 heteroatoms. The van der Waals surface area contributed by atoms with Crippen LogP contribution in [0.5, 0.6) is 0 Å². The molecule has 3 aromatic rings. The quantitative estimate of drug-likeness (QED) is 0.350. The molecule has 194 valence electrons. The van der Waals surface area contributed by atoms with Gasteiger partial charge in [-0.3, -0.25) is 24.2 Å². The van der Waals surface area contributed by atoms with Crippen LogP contribution in [0, 0.1) is 0 Å². The van der Waals surface area contributed by atoms with Gasteiger partial charge in [0.1, 0.15) is 0 Å². The maximum absolute atomic E-state index is 13.3. The minimum Gasteiger partial charge on any atom is -0.336 e. The molecule has 6 nitrogen and oxygen atoms in total. The highest BCUT2D eigenvalue weighted by Gasteiger charge is 2.35. The lowest BCUT2D eigenvalue weighted by molar-refractivity contribution is -0.123. The lowest BCUT2D eigenvalue weighted by atomic mass is 10.1. The molecular formula is C30H28ClN3O3S. The number of amides is 3. The molecule has 1 unspecified atom stereocenters. The maximum Gasteiger partial charge on any atom is 0.293 e. The third-order valence-corrected chi connectivity index (χ3v) is 8.11. The lowest BCUT2D eigenvalue weighted by Gasteiger charge is -2.38. The largest absolute Gasteiger partial charge is 0.336 e. The van der Waals surface area contributed by atoms with Gasteiger partial charge in [-0.15, -0.1) is 0 Å². The number of carbonyl (C=O) groups excluding carboxylic acids is 3. The molecule has 0 saturated carbocycles. The predicted octanol–water partition coefficient (Wildman–Crippen LogP) is 6.10. The normalized spacial score (nSPS) is 18.3. The molecule has 0 aromatic heterocycles. The number of piperazine rings is 1. The zero-order valence-corrected chi connectivity index (χ0v) is 22.6. The third kappa shape index (κ3) is 5.85. The molecule has 38 heavy (non-hydrogen) atoms. The molecule has 2 saturated heterocycles. The van der Waals surface area contributed by atoms with Gasteiger partial charge < -0.3 is 4.90 Å². The average molecular weight is 546 g/mol. The SMILES string of the molecule is CC(c1ccccc1)N1CCN(C(=O)c2cccc(/C=C3\SC(=O)N(Cc4cccc(Cl)c4)C3=O)c2)CC1. The van der Waals surface area contributed by atoms with Crippen LogP contribution in [-0.4, -0.2) is 57.9 Å². The highest BCUT2D eigenvalue weighted by atomic mass is 35.5. The number of imide groups is 1. The summed E-state index contributed by atoms with van der Waals surface area (Å²) in [5.41, 5.74) is 3.34. The van der Waals surface area contributed by atoms with E-state index in [0.29, 0.717) is 40.2 Å². The van der Waals surface area contributed by atoms with Crippen molar-refractivity contribution in [3.8, 4) is 0 Å². The Bertz CT molecular complexity index is 1390. The molecule has 5 rings (SSSR count). The fourth-order valence-electron chi connectivity index (χ4n) is 4.80. The van der Waals surface area contributed by atoms with E-state index in [1.54, 1.807) is 36.4 Å². The van der Waals surface area contributed by atoms with Gasteiger partial charge in [0, 0.05) is 42.8 Å². The van der Waals surface area contributed by atoms with Crippen molar-refractivity contribution in [3.05, 3.63) is 111 Å².